The number of benzene rings is 3. The molecule has 0 saturated carbocycles. The van der Waals surface area contributed by atoms with Gasteiger partial charge in [0.25, 0.3) is 0 Å². The first-order chi connectivity index (χ1) is 14.1. The van der Waals surface area contributed by atoms with Crippen LogP contribution < -0.4 is 5.32 Å². The first-order valence-electron chi connectivity index (χ1n) is 9.92. The number of rotatable bonds is 3. The Labute approximate surface area is 175 Å². The van der Waals surface area contributed by atoms with Crippen LogP contribution in [0.1, 0.15) is 42.5 Å². The molecule has 1 aliphatic heterocycles. The largest absolute Gasteiger partial charge is 0.325 e. The number of imidazole rings is 1. The van der Waals surface area contributed by atoms with Crippen molar-refractivity contribution in [1.29, 1.82) is 0 Å². The van der Waals surface area contributed by atoms with Crippen LogP contribution >= 0.6 is 11.6 Å². The molecule has 1 aliphatic rings. The maximum atomic E-state index is 6.14. The highest BCUT2D eigenvalue weighted by Gasteiger charge is 2.25. The van der Waals surface area contributed by atoms with Crippen LogP contribution in [0.25, 0.3) is 16.7 Å². The van der Waals surface area contributed by atoms with Gasteiger partial charge < -0.3 is 5.32 Å². The maximum Gasteiger partial charge on any atom is 0.209 e. The minimum absolute atomic E-state index is 0.0377. The van der Waals surface area contributed by atoms with Crippen molar-refractivity contribution in [2.75, 3.05) is 5.32 Å². The van der Waals surface area contributed by atoms with Gasteiger partial charge in [0.05, 0.1) is 17.1 Å². The average molecular weight is 400 g/mol. The fourth-order valence-corrected chi connectivity index (χ4v) is 4.06. The highest BCUT2D eigenvalue weighted by atomic mass is 35.5. The Balaban J connectivity index is 1.65. The molecular weight excluding hydrogens is 378 g/mol. The zero-order valence-electron chi connectivity index (χ0n) is 16.4. The van der Waals surface area contributed by atoms with Gasteiger partial charge in [-0.1, -0.05) is 74.0 Å². The lowest BCUT2D eigenvalue weighted by Crippen LogP contribution is -2.19. The van der Waals surface area contributed by atoms with Gasteiger partial charge in [0.15, 0.2) is 0 Å². The van der Waals surface area contributed by atoms with Crippen molar-refractivity contribution in [3.63, 3.8) is 0 Å². The standard InChI is InChI=1S/C25H22ClN3/c1-16(2)17-7-9-18(10-8-17)22-15-24(19-11-13-20(26)14-12-19)29-23-6-4-3-5-21(23)27-25(29)28-22/h3-16,24H,1-2H3,(H,27,28)/t24-/m1/s1. The second-order valence-electron chi connectivity index (χ2n) is 7.77. The summed E-state index contributed by atoms with van der Waals surface area (Å²) in [6.45, 7) is 4.43. The van der Waals surface area contributed by atoms with Crippen LogP contribution in [-0.4, -0.2) is 9.55 Å². The normalized spacial score (nSPS) is 15.9. The number of nitrogens with one attached hydrogen (secondary N) is 1. The van der Waals surface area contributed by atoms with Gasteiger partial charge in [-0.3, -0.25) is 4.57 Å². The Kier molecular flexibility index (Phi) is 4.40. The second-order valence-corrected chi connectivity index (χ2v) is 8.21. The third-order valence-corrected chi connectivity index (χ3v) is 5.80. The molecule has 0 radical (unpaired) electrons. The van der Waals surface area contributed by atoms with E-state index in [0.717, 1.165) is 33.3 Å². The lowest BCUT2D eigenvalue weighted by molar-refractivity contribution is 0.720. The van der Waals surface area contributed by atoms with Crippen LogP contribution in [0, 0.1) is 0 Å². The van der Waals surface area contributed by atoms with Crippen LogP contribution in [0.5, 0.6) is 0 Å². The van der Waals surface area contributed by atoms with E-state index in [1.165, 1.54) is 11.1 Å². The molecule has 3 aromatic carbocycles. The molecule has 3 nitrogen and oxygen atoms in total. The van der Waals surface area contributed by atoms with E-state index in [-0.39, 0.29) is 6.04 Å². The van der Waals surface area contributed by atoms with Gasteiger partial charge in [0, 0.05) is 10.7 Å². The lowest BCUT2D eigenvalue weighted by atomic mass is 9.98. The highest BCUT2D eigenvalue weighted by molar-refractivity contribution is 6.30. The quantitative estimate of drug-likeness (QED) is 0.407. The Bertz CT molecular complexity index is 1200. The number of anilines is 1. The van der Waals surface area contributed by atoms with Crippen molar-refractivity contribution in [3.05, 3.63) is 101 Å². The molecule has 0 amide bonds. The van der Waals surface area contributed by atoms with E-state index in [9.17, 15) is 0 Å². The second kappa shape index (κ2) is 7.09. The highest BCUT2D eigenvalue weighted by Crippen LogP contribution is 2.37. The number of allylic oxidation sites excluding steroid dienone is 1. The summed E-state index contributed by atoms with van der Waals surface area (Å²) in [5.41, 5.74) is 6.84. The minimum atomic E-state index is 0.0377. The van der Waals surface area contributed by atoms with Gasteiger partial charge in [-0.05, 0) is 52.9 Å². The minimum Gasteiger partial charge on any atom is -0.325 e. The summed E-state index contributed by atoms with van der Waals surface area (Å²) in [6, 6.07) is 25.1. The predicted octanol–water partition coefficient (Wildman–Crippen LogP) is 6.87. The molecule has 2 heterocycles. The molecule has 5 rings (SSSR count). The number of halogens is 1. The SMILES string of the molecule is CC(C)c1ccc(C2=C[C@H](c3ccc(Cl)cc3)n3c(nc4ccccc43)N2)cc1. The Morgan fingerprint density at radius 2 is 1.66 bits per heavy atom. The van der Waals surface area contributed by atoms with Crippen molar-refractivity contribution < 1.29 is 0 Å². The summed E-state index contributed by atoms with van der Waals surface area (Å²) in [4.78, 5) is 4.85. The van der Waals surface area contributed by atoms with E-state index >= 15 is 0 Å². The summed E-state index contributed by atoms with van der Waals surface area (Å²) < 4.78 is 2.25. The van der Waals surface area contributed by atoms with Gasteiger partial charge in [-0.25, -0.2) is 4.98 Å². The number of fused-ring (bicyclic) bond motifs is 3. The summed E-state index contributed by atoms with van der Waals surface area (Å²) in [5.74, 6) is 1.37. The van der Waals surface area contributed by atoms with Gasteiger partial charge in [-0.2, -0.15) is 0 Å². The summed E-state index contributed by atoms with van der Waals surface area (Å²) in [5, 5.41) is 4.29. The van der Waals surface area contributed by atoms with E-state index in [1.54, 1.807) is 0 Å². The van der Waals surface area contributed by atoms with Crippen molar-refractivity contribution in [2.45, 2.75) is 25.8 Å². The molecule has 144 valence electrons. The molecule has 4 heteroatoms. The molecule has 1 N–H and O–H groups in total. The Morgan fingerprint density at radius 3 is 2.38 bits per heavy atom. The summed E-state index contributed by atoms with van der Waals surface area (Å²) in [7, 11) is 0. The summed E-state index contributed by atoms with van der Waals surface area (Å²) in [6.07, 6.45) is 2.27. The molecule has 0 fully saturated rings. The van der Waals surface area contributed by atoms with Crippen molar-refractivity contribution in [1.82, 2.24) is 9.55 Å². The molecule has 0 spiro atoms. The molecule has 4 aromatic rings. The number of aromatic nitrogens is 2. The van der Waals surface area contributed by atoms with Crippen molar-refractivity contribution >= 4 is 34.3 Å². The van der Waals surface area contributed by atoms with E-state index < -0.39 is 0 Å². The van der Waals surface area contributed by atoms with Crippen LogP contribution in [0.3, 0.4) is 0 Å². The van der Waals surface area contributed by atoms with E-state index in [2.05, 4.69) is 84.4 Å². The van der Waals surface area contributed by atoms with Crippen molar-refractivity contribution in [2.24, 2.45) is 0 Å². The Morgan fingerprint density at radius 1 is 0.931 bits per heavy atom. The van der Waals surface area contributed by atoms with Crippen LogP contribution in [0.15, 0.2) is 78.9 Å². The number of hydrogen-bond donors (Lipinski definition) is 1. The van der Waals surface area contributed by atoms with Gasteiger partial charge >= 0.3 is 0 Å². The fourth-order valence-electron chi connectivity index (χ4n) is 3.93. The van der Waals surface area contributed by atoms with Crippen molar-refractivity contribution in [3.8, 4) is 0 Å². The third kappa shape index (κ3) is 3.22. The predicted molar refractivity (Wildman–Crippen MR) is 121 cm³/mol. The zero-order valence-corrected chi connectivity index (χ0v) is 17.2. The first kappa shape index (κ1) is 18.0. The zero-order chi connectivity index (χ0) is 20.0. The number of nitrogens with zero attached hydrogens (tertiary/aromatic N) is 2. The average Bonchev–Trinajstić information content (AvgIpc) is 3.12. The smallest absolute Gasteiger partial charge is 0.209 e. The molecule has 29 heavy (non-hydrogen) atoms. The van der Waals surface area contributed by atoms with E-state index in [1.807, 2.05) is 18.2 Å². The van der Waals surface area contributed by atoms with Gasteiger partial charge in [-0.15, -0.1) is 0 Å². The van der Waals surface area contributed by atoms with E-state index in [4.69, 9.17) is 16.6 Å². The lowest BCUT2D eigenvalue weighted by Gasteiger charge is -2.27. The fraction of sp³-hybridized carbons (Fsp3) is 0.160. The molecule has 0 unspecified atom stereocenters. The van der Waals surface area contributed by atoms with Crippen LogP contribution in [0.4, 0.5) is 5.95 Å². The molecule has 0 saturated heterocycles. The first-order valence-corrected chi connectivity index (χ1v) is 10.3. The van der Waals surface area contributed by atoms with Crippen LogP contribution in [-0.2, 0) is 0 Å². The number of hydrogen-bond acceptors (Lipinski definition) is 2. The van der Waals surface area contributed by atoms with Gasteiger partial charge in [0.2, 0.25) is 5.95 Å². The summed E-state index contributed by atoms with van der Waals surface area (Å²) >= 11 is 6.14. The molecule has 1 atom stereocenters. The molecule has 0 aliphatic carbocycles. The third-order valence-electron chi connectivity index (χ3n) is 5.54. The molecular formula is C25H22ClN3. The van der Waals surface area contributed by atoms with Gasteiger partial charge in [0.1, 0.15) is 0 Å². The van der Waals surface area contributed by atoms with E-state index in [0.29, 0.717) is 5.92 Å². The topological polar surface area (TPSA) is 29.9 Å². The molecule has 0 bridgehead atoms. The molecule has 1 aromatic heterocycles. The van der Waals surface area contributed by atoms with Crippen LogP contribution in [0.2, 0.25) is 5.02 Å². The Hall–Kier alpha value is -3.04. The monoisotopic (exact) mass is 399 g/mol. The number of para-hydroxylation sites is 2. The maximum absolute atomic E-state index is 6.14.